The van der Waals surface area contributed by atoms with E-state index in [0.29, 0.717) is 17.0 Å². The Hall–Kier alpha value is -1.30. The van der Waals surface area contributed by atoms with E-state index in [-0.39, 0.29) is 6.10 Å². The zero-order chi connectivity index (χ0) is 11.4. The van der Waals surface area contributed by atoms with E-state index in [1.807, 2.05) is 13.8 Å². The Balaban J connectivity index is 3.02. The summed E-state index contributed by atoms with van der Waals surface area (Å²) in [7, 11) is 0. The number of benzene rings is 1. The number of hydrogen-bond donors (Lipinski definition) is 4. The van der Waals surface area contributed by atoms with E-state index in [2.05, 4.69) is 0 Å². The molecule has 0 aliphatic carbocycles. The smallest absolute Gasteiger partial charge is 0.156 e. The molecule has 0 spiro atoms. The molecular weight excluding hydrogens is 196 g/mol. The molecule has 0 radical (unpaired) electrons. The van der Waals surface area contributed by atoms with E-state index in [0.717, 1.165) is 0 Å². The van der Waals surface area contributed by atoms with E-state index >= 15 is 0 Å². The predicted molar refractivity (Wildman–Crippen MR) is 56.5 cm³/mol. The van der Waals surface area contributed by atoms with Crippen molar-refractivity contribution in [1.82, 2.24) is 5.48 Å². The van der Waals surface area contributed by atoms with Crippen LogP contribution in [0.4, 0.5) is 5.69 Å². The number of aliphatic hydroxyl groups is 1. The maximum absolute atomic E-state index is 9.45. The zero-order valence-corrected chi connectivity index (χ0v) is 8.77. The first-order valence-electron chi connectivity index (χ1n) is 4.68. The maximum atomic E-state index is 9.45. The molecule has 0 aliphatic rings. The molecule has 5 N–H and O–H groups in total. The van der Waals surface area contributed by atoms with Crippen molar-refractivity contribution in [3.63, 3.8) is 0 Å². The van der Waals surface area contributed by atoms with E-state index in [4.69, 9.17) is 15.7 Å². The van der Waals surface area contributed by atoms with Gasteiger partial charge in [-0.3, -0.25) is 0 Å². The summed E-state index contributed by atoms with van der Waals surface area (Å²) in [5.74, 6) is 0.494. The van der Waals surface area contributed by atoms with Gasteiger partial charge in [0.15, 0.2) is 6.23 Å². The molecule has 0 aliphatic heterocycles. The Morgan fingerprint density at radius 2 is 2.07 bits per heavy atom. The second-order valence-electron chi connectivity index (χ2n) is 3.50. The van der Waals surface area contributed by atoms with Crippen LogP contribution in [-0.2, 0) is 0 Å². The SMILES string of the molecule is CC(C)Oc1ccc(N)cc1C(O)NO. The molecule has 5 nitrogen and oxygen atoms in total. The summed E-state index contributed by atoms with van der Waals surface area (Å²) in [6, 6.07) is 4.88. The van der Waals surface area contributed by atoms with E-state index in [1.165, 1.54) is 0 Å². The standard InChI is InChI=1S/C10H16N2O3/c1-6(2)15-9-4-3-7(11)5-8(9)10(13)12-14/h3-6,10,12-14H,11H2,1-2H3. The van der Waals surface area contributed by atoms with Gasteiger partial charge in [-0.15, -0.1) is 0 Å². The van der Waals surface area contributed by atoms with Gasteiger partial charge in [0.1, 0.15) is 5.75 Å². The predicted octanol–water partition coefficient (Wildman–Crippen LogP) is 1.03. The summed E-state index contributed by atoms with van der Waals surface area (Å²) < 4.78 is 5.46. The normalized spacial score (nSPS) is 12.9. The lowest BCUT2D eigenvalue weighted by Gasteiger charge is -2.17. The van der Waals surface area contributed by atoms with Crippen LogP contribution in [0.25, 0.3) is 0 Å². The first kappa shape index (κ1) is 11.8. The van der Waals surface area contributed by atoms with Crippen molar-refractivity contribution in [2.45, 2.75) is 26.2 Å². The number of nitrogens with one attached hydrogen (secondary N) is 1. The van der Waals surface area contributed by atoms with Gasteiger partial charge in [-0.05, 0) is 32.0 Å². The third-order valence-corrected chi connectivity index (χ3v) is 1.81. The molecule has 1 atom stereocenters. The van der Waals surface area contributed by atoms with Gasteiger partial charge in [0.2, 0.25) is 0 Å². The molecule has 5 heteroatoms. The molecule has 0 fully saturated rings. The van der Waals surface area contributed by atoms with Crippen LogP contribution in [0.3, 0.4) is 0 Å². The molecular formula is C10H16N2O3. The molecule has 15 heavy (non-hydrogen) atoms. The number of nitrogens with two attached hydrogens (primary N) is 1. The van der Waals surface area contributed by atoms with Crippen LogP contribution in [0.1, 0.15) is 25.6 Å². The Morgan fingerprint density at radius 1 is 1.40 bits per heavy atom. The van der Waals surface area contributed by atoms with Gasteiger partial charge in [0, 0.05) is 11.3 Å². The number of nitrogen functional groups attached to an aromatic ring is 1. The second-order valence-corrected chi connectivity index (χ2v) is 3.50. The number of hydrogen-bond acceptors (Lipinski definition) is 5. The molecule has 0 amide bonds. The Kier molecular flexibility index (Phi) is 3.90. The third kappa shape index (κ3) is 3.09. The van der Waals surface area contributed by atoms with Gasteiger partial charge in [-0.2, -0.15) is 5.48 Å². The fourth-order valence-electron chi connectivity index (χ4n) is 1.21. The molecule has 0 aromatic heterocycles. The van der Waals surface area contributed by atoms with E-state index < -0.39 is 6.23 Å². The van der Waals surface area contributed by atoms with Gasteiger partial charge < -0.3 is 20.8 Å². The number of hydroxylamine groups is 1. The fraction of sp³-hybridized carbons (Fsp3) is 0.400. The minimum Gasteiger partial charge on any atom is -0.491 e. The van der Waals surface area contributed by atoms with Crippen LogP contribution in [0.2, 0.25) is 0 Å². The fourth-order valence-corrected chi connectivity index (χ4v) is 1.21. The summed E-state index contributed by atoms with van der Waals surface area (Å²) in [4.78, 5) is 0. The zero-order valence-electron chi connectivity index (χ0n) is 8.77. The van der Waals surface area contributed by atoms with Crippen LogP contribution in [0.5, 0.6) is 5.75 Å². The van der Waals surface area contributed by atoms with Crippen molar-refractivity contribution in [2.24, 2.45) is 0 Å². The van der Waals surface area contributed by atoms with Gasteiger partial charge >= 0.3 is 0 Å². The minimum absolute atomic E-state index is 0.0155. The molecule has 0 bridgehead atoms. The lowest BCUT2D eigenvalue weighted by atomic mass is 10.1. The topological polar surface area (TPSA) is 87.7 Å². The highest BCUT2D eigenvalue weighted by Gasteiger charge is 2.13. The van der Waals surface area contributed by atoms with Crippen molar-refractivity contribution in [2.75, 3.05) is 5.73 Å². The second kappa shape index (κ2) is 4.97. The first-order chi connectivity index (χ1) is 7.04. The summed E-state index contributed by atoms with van der Waals surface area (Å²) in [6.07, 6.45) is -1.22. The molecule has 1 aromatic carbocycles. The van der Waals surface area contributed by atoms with Gasteiger partial charge in [-0.25, -0.2) is 0 Å². The van der Waals surface area contributed by atoms with Crippen molar-refractivity contribution >= 4 is 5.69 Å². The highest BCUT2D eigenvalue weighted by molar-refractivity contribution is 5.48. The average Bonchev–Trinajstić information content (AvgIpc) is 2.19. The number of aliphatic hydroxyl groups excluding tert-OH is 1. The monoisotopic (exact) mass is 212 g/mol. The summed E-state index contributed by atoms with van der Waals surface area (Å²) in [6.45, 7) is 3.75. The molecule has 0 saturated carbocycles. The first-order valence-corrected chi connectivity index (χ1v) is 4.68. The van der Waals surface area contributed by atoms with Crippen molar-refractivity contribution in [3.8, 4) is 5.75 Å². The van der Waals surface area contributed by atoms with Crippen LogP contribution < -0.4 is 16.0 Å². The van der Waals surface area contributed by atoms with E-state index in [9.17, 15) is 5.11 Å². The number of rotatable bonds is 4. The quantitative estimate of drug-likeness (QED) is 0.340. The molecule has 1 aromatic rings. The number of anilines is 1. The lowest BCUT2D eigenvalue weighted by molar-refractivity contribution is -0.00129. The molecule has 1 rings (SSSR count). The van der Waals surface area contributed by atoms with Crippen LogP contribution in [0.15, 0.2) is 18.2 Å². The third-order valence-electron chi connectivity index (χ3n) is 1.81. The van der Waals surface area contributed by atoms with Gasteiger partial charge in [-0.1, -0.05) is 0 Å². The van der Waals surface area contributed by atoms with Crippen molar-refractivity contribution in [3.05, 3.63) is 23.8 Å². The molecule has 0 heterocycles. The average molecular weight is 212 g/mol. The summed E-state index contributed by atoms with van der Waals surface area (Å²) in [5.41, 5.74) is 8.22. The van der Waals surface area contributed by atoms with Gasteiger partial charge in [0.05, 0.1) is 6.10 Å². The highest BCUT2D eigenvalue weighted by Crippen LogP contribution is 2.26. The lowest BCUT2D eigenvalue weighted by Crippen LogP contribution is -2.18. The highest BCUT2D eigenvalue weighted by atomic mass is 16.5. The van der Waals surface area contributed by atoms with E-state index in [1.54, 1.807) is 23.7 Å². The Morgan fingerprint density at radius 3 is 2.60 bits per heavy atom. The van der Waals surface area contributed by atoms with Crippen LogP contribution in [-0.4, -0.2) is 16.4 Å². The molecule has 0 saturated heterocycles. The molecule has 1 unspecified atom stereocenters. The van der Waals surface area contributed by atoms with Crippen LogP contribution >= 0.6 is 0 Å². The van der Waals surface area contributed by atoms with Crippen molar-refractivity contribution in [1.29, 1.82) is 0 Å². The summed E-state index contributed by atoms with van der Waals surface area (Å²) in [5, 5.41) is 18.1. The van der Waals surface area contributed by atoms with Crippen LogP contribution in [0, 0.1) is 0 Å². The maximum Gasteiger partial charge on any atom is 0.156 e. The van der Waals surface area contributed by atoms with Gasteiger partial charge in [0.25, 0.3) is 0 Å². The Labute approximate surface area is 88.4 Å². The van der Waals surface area contributed by atoms with Crippen molar-refractivity contribution < 1.29 is 15.1 Å². The Bertz CT molecular complexity index is 328. The molecule has 84 valence electrons. The number of ether oxygens (including phenoxy) is 1. The largest absolute Gasteiger partial charge is 0.491 e. The minimum atomic E-state index is -1.21. The summed E-state index contributed by atoms with van der Waals surface area (Å²) >= 11 is 0.